The van der Waals surface area contributed by atoms with Gasteiger partial charge in [-0.2, -0.15) is 0 Å². The topological polar surface area (TPSA) is 66.4 Å². The smallest absolute Gasteiger partial charge is 0.307 e. The van der Waals surface area contributed by atoms with Gasteiger partial charge < -0.3 is 10.4 Å². The summed E-state index contributed by atoms with van der Waals surface area (Å²) in [5.74, 6) is -2.48. The fraction of sp³-hybridized carbons (Fsp3) is 0.500. The fourth-order valence-corrected chi connectivity index (χ4v) is 2.60. The molecule has 0 radical (unpaired) electrons. The Balaban J connectivity index is 3.12. The van der Waals surface area contributed by atoms with Crippen molar-refractivity contribution in [2.45, 2.75) is 33.1 Å². The molecule has 0 aliphatic carbocycles. The van der Waals surface area contributed by atoms with Crippen LogP contribution in [0.15, 0.2) is 30.3 Å². The number of nitrogens with one attached hydrogen (secondary N) is 1. The zero-order valence-corrected chi connectivity index (χ0v) is 12.3. The van der Waals surface area contributed by atoms with Gasteiger partial charge in [0, 0.05) is 6.54 Å². The second-order valence-corrected chi connectivity index (χ2v) is 4.97. The Labute approximate surface area is 120 Å². The fourth-order valence-electron chi connectivity index (χ4n) is 2.60. The van der Waals surface area contributed by atoms with Crippen molar-refractivity contribution in [2.24, 2.45) is 11.8 Å². The highest BCUT2D eigenvalue weighted by Crippen LogP contribution is 2.33. The van der Waals surface area contributed by atoms with Crippen LogP contribution in [0.3, 0.4) is 0 Å². The van der Waals surface area contributed by atoms with Crippen LogP contribution in [0.5, 0.6) is 0 Å². The van der Waals surface area contributed by atoms with E-state index in [0.29, 0.717) is 6.54 Å². The van der Waals surface area contributed by atoms with Gasteiger partial charge in [0.2, 0.25) is 5.91 Å². The minimum atomic E-state index is -0.935. The van der Waals surface area contributed by atoms with Crippen molar-refractivity contribution in [3.63, 3.8) is 0 Å². The first kappa shape index (κ1) is 16.2. The maximum atomic E-state index is 12.3. The molecule has 1 aromatic carbocycles. The van der Waals surface area contributed by atoms with Gasteiger partial charge in [-0.15, -0.1) is 0 Å². The van der Waals surface area contributed by atoms with Crippen LogP contribution in [0.2, 0.25) is 0 Å². The number of amides is 1. The molecular formula is C16H23NO3. The highest BCUT2D eigenvalue weighted by Gasteiger charge is 2.36. The van der Waals surface area contributed by atoms with Crippen molar-refractivity contribution in [1.29, 1.82) is 0 Å². The van der Waals surface area contributed by atoms with E-state index in [9.17, 15) is 14.7 Å². The van der Waals surface area contributed by atoms with Crippen LogP contribution in [0.1, 0.15) is 38.7 Å². The van der Waals surface area contributed by atoms with E-state index in [4.69, 9.17) is 0 Å². The Hall–Kier alpha value is -1.84. The summed E-state index contributed by atoms with van der Waals surface area (Å²) in [5.41, 5.74) is 1.01. The van der Waals surface area contributed by atoms with Crippen molar-refractivity contribution in [3.8, 4) is 0 Å². The van der Waals surface area contributed by atoms with Crippen molar-refractivity contribution in [2.75, 3.05) is 6.54 Å². The number of carboxylic acid groups (broad SMARTS) is 1. The van der Waals surface area contributed by atoms with Crippen molar-refractivity contribution >= 4 is 11.9 Å². The molecule has 1 aromatic rings. The lowest BCUT2D eigenvalue weighted by Crippen LogP contribution is -2.40. The predicted molar refractivity (Wildman–Crippen MR) is 78.4 cm³/mol. The second kappa shape index (κ2) is 7.68. The molecule has 110 valence electrons. The molecule has 20 heavy (non-hydrogen) atoms. The van der Waals surface area contributed by atoms with Gasteiger partial charge in [-0.1, -0.05) is 44.2 Å². The predicted octanol–water partition coefficient (Wildman–Crippen LogP) is 2.65. The van der Waals surface area contributed by atoms with Crippen molar-refractivity contribution in [3.05, 3.63) is 35.9 Å². The lowest BCUT2D eigenvalue weighted by atomic mass is 9.76. The monoisotopic (exact) mass is 277 g/mol. The van der Waals surface area contributed by atoms with E-state index >= 15 is 0 Å². The summed E-state index contributed by atoms with van der Waals surface area (Å²) in [5, 5.41) is 12.0. The molecule has 4 heteroatoms. The largest absolute Gasteiger partial charge is 0.481 e. The Bertz CT molecular complexity index is 444. The molecule has 3 atom stereocenters. The first-order valence-corrected chi connectivity index (χ1v) is 7.08. The minimum absolute atomic E-state index is 0.0890. The average molecular weight is 277 g/mol. The summed E-state index contributed by atoms with van der Waals surface area (Å²) in [7, 11) is 0. The highest BCUT2D eigenvalue weighted by molar-refractivity contribution is 5.85. The number of benzene rings is 1. The maximum absolute atomic E-state index is 12.3. The molecule has 0 fully saturated rings. The number of hydrogen-bond donors (Lipinski definition) is 2. The van der Waals surface area contributed by atoms with E-state index in [2.05, 4.69) is 5.32 Å². The minimum Gasteiger partial charge on any atom is -0.481 e. The van der Waals surface area contributed by atoms with E-state index in [1.807, 2.05) is 44.2 Å². The molecule has 0 saturated heterocycles. The average Bonchev–Trinajstić information content (AvgIpc) is 2.44. The lowest BCUT2D eigenvalue weighted by Gasteiger charge is -2.28. The number of carbonyl (C=O) groups excluding carboxylic acids is 1. The van der Waals surface area contributed by atoms with Gasteiger partial charge in [0.15, 0.2) is 0 Å². The third-order valence-corrected chi connectivity index (χ3v) is 3.68. The Morgan fingerprint density at radius 3 is 2.25 bits per heavy atom. The third kappa shape index (κ3) is 3.83. The molecular weight excluding hydrogens is 254 g/mol. The molecule has 3 unspecified atom stereocenters. The normalized spacial score (nSPS) is 15.2. The van der Waals surface area contributed by atoms with Crippen LogP contribution in [0.4, 0.5) is 0 Å². The van der Waals surface area contributed by atoms with Gasteiger partial charge in [-0.3, -0.25) is 9.59 Å². The van der Waals surface area contributed by atoms with Crippen molar-refractivity contribution in [1.82, 2.24) is 5.32 Å². The van der Waals surface area contributed by atoms with Crippen LogP contribution in [0.25, 0.3) is 0 Å². The number of hydrogen-bond acceptors (Lipinski definition) is 2. The first-order chi connectivity index (χ1) is 9.52. The Morgan fingerprint density at radius 1 is 1.20 bits per heavy atom. The van der Waals surface area contributed by atoms with Gasteiger partial charge >= 0.3 is 5.97 Å². The summed E-state index contributed by atoms with van der Waals surface area (Å²) in [4.78, 5) is 23.6. The second-order valence-electron chi connectivity index (χ2n) is 4.97. The molecule has 0 aromatic heterocycles. The van der Waals surface area contributed by atoms with Gasteiger partial charge in [-0.05, 0) is 24.8 Å². The van der Waals surface area contributed by atoms with E-state index in [-0.39, 0.29) is 11.8 Å². The molecule has 2 N–H and O–H groups in total. The van der Waals surface area contributed by atoms with E-state index in [0.717, 1.165) is 12.0 Å². The van der Waals surface area contributed by atoms with E-state index in [1.54, 1.807) is 6.92 Å². The van der Waals surface area contributed by atoms with Crippen molar-refractivity contribution < 1.29 is 14.7 Å². The summed E-state index contributed by atoms with van der Waals surface area (Å²) >= 11 is 0. The highest BCUT2D eigenvalue weighted by atomic mass is 16.4. The quantitative estimate of drug-likeness (QED) is 0.805. The SMILES string of the molecule is CCNC(=O)C(C(C)C(=O)O)C(CC)c1ccccc1. The molecule has 0 aliphatic heterocycles. The first-order valence-electron chi connectivity index (χ1n) is 7.08. The molecule has 0 spiro atoms. The Morgan fingerprint density at radius 2 is 1.80 bits per heavy atom. The van der Waals surface area contributed by atoms with Crippen LogP contribution in [-0.2, 0) is 9.59 Å². The Kier molecular flexibility index (Phi) is 6.22. The van der Waals surface area contributed by atoms with Crippen LogP contribution in [0, 0.1) is 11.8 Å². The zero-order valence-electron chi connectivity index (χ0n) is 12.3. The third-order valence-electron chi connectivity index (χ3n) is 3.68. The van der Waals surface area contributed by atoms with Crippen LogP contribution in [-0.4, -0.2) is 23.5 Å². The molecule has 1 rings (SSSR count). The number of rotatable bonds is 7. The molecule has 0 heterocycles. The zero-order chi connectivity index (χ0) is 15.1. The van der Waals surface area contributed by atoms with Gasteiger partial charge in [-0.25, -0.2) is 0 Å². The van der Waals surface area contributed by atoms with Crippen LogP contribution < -0.4 is 5.32 Å². The maximum Gasteiger partial charge on any atom is 0.307 e. The van der Waals surface area contributed by atoms with Crippen LogP contribution >= 0.6 is 0 Å². The van der Waals surface area contributed by atoms with E-state index in [1.165, 1.54) is 0 Å². The van der Waals surface area contributed by atoms with Gasteiger partial charge in [0.1, 0.15) is 0 Å². The molecule has 4 nitrogen and oxygen atoms in total. The summed E-state index contributed by atoms with van der Waals surface area (Å²) in [6.07, 6.45) is 0.726. The standard InChI is InChI=1S/C16H23NO3/c1-4-13(12-9-7-6-8-10-12)14(11(3)16(19)20)15(18)17-5-2/h6-11,13-14H,4-5H2,1-3H3,(H,17,18)(H,19,20). The molecule has 0 bridgehead atoms. The number of carboxylic acids is 1. The van der Waals surface area contributed by atoms with E-state index < -0.39 is 17.8 Å². The van der Waals surface area contributed by atoms with Gasteiger partial charge in [0.25, 0.3) is 0 Å². The summed E-state index contributed by atoms with van der Waals surface area (Å²) in [6.45, 7) is 5.93. The number of carbonyl (C=O) groups is 2. The van der Waals surface area contributed by atoms with Gasteiger partial charge in [0.05, 0.1) is 11.8 Å². The summed E-state index contributed by atoms with van der Waals surface area (Å²) in [6, 6.07) is 9.65. The molecule has 0 aliphatic rings. The summed E-state index contributed by atoms with van der Waals surface area (Å²) < 4.78 is 0. The lowest BCUT2D eigenvalue weighted by molar-refractivity contribution is -0.147. The molecule has 0 saturated carbocycles. The number of aliphatic carboxylic acids is 1. The molecule has 1 amide bonds.